The number of nitrogens with one attached hydrogen (secondary N) is 1. The number of carbonyl (C=O) groups is 1. The molecule has 1 aromatic rings. The van der Waals surface area contributed by atoms with Gasteiger partial charge in [-0.1, -0.05) is 11.6 Å². The van der Waals surface area contributed by atoms with E-state index in [-0.39, 0.29) is 0 Å². The second-order valence-corrected chi connectivity index (χ2v) is 9.67. The van der Waals surface area contributed by atoms with Crippen LogP contribution in [-0.4, -0.2) is 60.2 Å². The lowest BCUT2D eigenvalue weighted by atomic mass is 9.92. The Labute approximate surface area is 184 Å². The summed E-state index contributed by atoms with van der Waals surface area (Å²) in [7, 11) is 0. The van der Waals surface area contributed by atoms with Crippen molar-refractivity contribution in [3.63, 3.8) is 0 Å². The molecule has 3 heterocycles. The average Bonchev–Trinajstić information content (AvgIpc) is 2.68. The van der Waals surface area contributed by atoms with Gasteiger partial charge in [0.1, 0.15) is 10.8 Å². The molecule has 7 nitrogen and oxygen atoms in total. The molecule has 2 N–H and O–H groups in total. The summed E-state index contributed by atoms with van der Waals surface area (Å²) in [4.78, 5) is 18.7. The molecule has 0 unspecified atom stereocenters. The number of rotatable bonds is 5. The maximum Gasteiger partial charge on any atom is 0.408 e. The van der Waals surface area contributed by atoms with Crippen molar-refractivity contribution in [3.8, 4) is 0 Å². The summed E-state index contributed by atoms with van der Waals surface area (Å²) in [6.45, 7) is 8.33. The van der Waals surface area contributed by atoms with Crippen molar-refractivity contribution in [2.24, 2.45) is 5.92 Å². The topological polar surface area (TPSA) is 83.9 Å². The molecular formula is C22H34ClN3O4. The van der Waals surface area contributed by atoms with Crippen molar-refractivity contribution in [2.75, 3.05) is 31.2 Å². The number of ether oxygens (including phenoxy) is 2. The number of aromatic nitrogens is 1. The molecule has 0 bridgehead atoms. The number of piperidine rings is 1. The zero-order valence-corrected chi connectivity index (χ0v) is 19.0. The van der Waals surface area contributed by atoms with E-state index in [2.05, 4.69) is 15.2 Å². The van der Waals surface area contributed by atoms with Crippen LogP contribution in [0.1, 0.15) is 52.0 Å². The Hall–Kier alpha value is -1.57. The van der Waals surface area contributed by atoms with Gasteiger partial charge in [-0.25, -0.2) is 9.78 Å². The largest absolute Gasteiger partial charge is 0.444 e. The van der Waals surface area contributed by atoms with Gasteiger partial charge in [0.25, 0.3) is 0 Å². The van der Waals surface area contributed by atoms with Gasteiger partial charge in [0.2, 0.25) is 0 Å². The van der Waals surface area contributed by atoms with E-state index in [1.54, 1.807) is 0 Å². The Kier molecular flexibility index (Phi) is 7.82. The SMILES string of the molecule is CC(C)(C)OC(=O)N[C@@H]1CN(c2cc(Cl)ncc2CCC2CCOCC2)CC[C@H]1O. The van der Waals surface area contributed by atoms with Crippen molar-refractivity contribution in [1.82, 2.24) is 10.3 Å². The van der Waals surface area contributed by atoms with Gasteiger partial charge in [0.15, 0.2) is 0 Å². The summed E-state index contributed by atoms with van der Waals surface area (Å²) < 4.78 is 10.8. The number of aliphatic hydroxyl groups excluding tert-OH is 1. The maximum absolute atomic E-state index is 12.2. The van der Waals surface area contributed by atoms with Gasteiger partial charge in [-0.15, -0.1) is 0 Å². The molecule has 2 aliphatic heterocycles. The lowest BCUT2D eigenvalue weighted by molar-refractivity contribution is 0.0399. The van der Waals surface area contributed by atoms with Gasteiger partial charge in [-0.05, 0) is 70.4 Å². The minimum atomic E-state index is -0.614. The first-order valence-electron chi connectivity index (χ1n) is 10.9. The standard InChI is InChI=1S/C22H34ClN3O4/c1-22(2,3)30-21(28)25-17-14-26(9-6-19(17)27)18-12-20(23)24-13-16(18)5-4-15-7-10-29-11-8-15/h12-13,15,17,19,27H,4-11,14H2,1-3H3,(H,25,28)/t17-,19-/m1/s1. The van der Waals surface area contributed by atoms with Gasteiger partial charge >= 0.3 is 6.09 Å². The molecule has 30 heavy (non-hydrogen) atoms. The molecule has 2 fully saturated rings. The maximum atomic E-state index is 12.2. The van der Waals surface area contributed by atoms with E-state index >= 15 is 0 Å². The van der Waals surface area contributed by atoms with E-state index in [1.165, 1.54) is 0 Å². The number of amides is 1. The fraction of sp³-hybridized carbons (Fsp3) is 0.727. The fourth-order valence-corrected chi connectivity index (χ4v) is 4.24. The number of nitrogens with zero attached hydrogens (tertiary/aromatic N) is 2. The van der Waals surface area contributed by atoms with Gasteiger partial charge in [-0.3, -0.25) is 0 Å². The van der Waals surface area contributed by atoms with Crippen molar-refractivity contribution in [3.05, 3.63) is 23.0 Å². The summed E-state index contributed by atoms with van der Waals surface area (Å²) >= 11 is 6.21. The van der Waals surface area contributed by atoms with Crippen LogP contribution in [0.2, 0.25) is 5.15 Å². The van der Waals surface area contributed by atoms with E-state index in [1.807, 2.05) is 33.0 Å². The minimum absolute atomic E-state index is 0.413. The van der Waals surface area contributed by atoms with E-state index in [0.29, 0.717) is 30.6 Å². The highest BCUT2D eigenvalue weighted by Gasteiger charge is 2.31. The minimum Gasteiger partial charge on any atom is -0.444 e. The third kappa shape index (κ3) is 6.72. The number of pyridine rings is 1. The van der Waals surface area contributed by atoms with Crippen LogP contribution in [0.5, 0.6) is 0 Å². The van der Waals surface area contributed by atoms with Crippen molar-refractivity contribution < 1.29 is 19.4 Å². The molecule has 0 spiro atoms. The van der Waals surface area contributed by atoms with Crippen molar-refractivity contribution in [1.29, 1.82) is 0 Å². The molecule has 0 aliphatic carbocycles. The zero-order chi connectivity index (χ0) is 21.7. The molecular weight excluding hydrogens is 406 g/mol. The lowest BCUT2D eigenvalue weighted by Gasteiger charge is -2.39. The molecule has 0 saturated carbocycles. The molecule has 0 aromatic carbocycles. The number of aryl methyl sites for hydroxylation is 1. The summed E-state index contributed by atoms with van der Waals surface area (Å²) in [6, 6.07) is 1.48. The Morgan fingerprint density at radius 1 is 1.37 bits per heavy atom. The highest BCUT2D eigenvalue weighted by atomic mass is 35.5. The number of alkyl carbamates (subject to hydrolysis) is 1. The van der Waals surface area contributed by atoms with Crippen molar-refractivity contribution in [2.45, 2.75) is 70.6 Å². The van der Waals surface area contributed by atoms with E-state index < -0.39 is 23.8 Å². The van der Waals surface area contributed by atoms with E-state index in [0.717, 1.165) is 50.1 Å². The van der Waals surface area contributed by atoms with E-state index in [4.69, 9.17) is 21.1 Å². The average molecular weight is 440 g/mol. The number of halogens is 1. The normalized spacial score (nSPS) is 23.3. The Balaban J connectivity index is 1.67. The third-order valence-electron chi connectivity index (χ3n) is 5.71. The highest BCUT2D eigenvalue weighted by molar-refractivity contribution is 6.29. The lowest BCUT2D eigenvalue weighted by Crippen LogP contribution is -2.56. The summed E-state index contributed by atoms with van der Waals surface area (Å²) in [5, 5.41) is 13.7. The van der Waals surface area contributed by atoms with Crippen LogP contribution < -0.4 is 10.2 Å². The van der Waals surface area contributed by atoms with Gasteiger partial charge in [-0.2, -0.15) is 0 Å². The predicted molar refractivity (Wildman–Crippen MR) is 117 cm³/mol. The molecule has 1 amide bonds. The number of anilines is 1. The van der Waals surface area contributed by atoms with Crippen molar-refractivity contribution >= 4 is 23.4 Å². The molecule has 1 aromatic heterocycles. The highest BCUT2D eigenvalue weighted by Crippen LogP contribution is 2.29. The molecule has 2 atom stereocenters. The van der Waals surface area contributed by atoms with Crippen LogP contribution in [0.25, 0.3) is 0 Å². The molecule has 3 rings (SSSR count). The summed E-state index contributed by atoms with van der Waals surface area (Å²) in [5.74, 6) is 0.673. The second-order valence-electron chi connectivity index (χ2n) is 9.28. The number of carbonyl (C=O) groups excluding carboxylic acids is 1. The smallest absolute Gasteiger partial charge is 0.408 e. The molecule has 168 valence electrons. The third-order valence-corrected chi connectivity index (χ3v) is 5.92. The Morgan fingerprint density at radius 3 is 2.80 bits per heavy atom. The number of aliphatic hydroxyl groups is 1. The quantitative estimate of drug-likeness (QED) is 0.682. The van der Waals surface area contributed by atoms with Crippen LogP contribution in [0, 0.1) is 5.92 Å². The number of hydrogen-bond donors (Lipinski definition) is 2. The van der Waals surface area contributed by atoms with Gasteiger partial charge < -0.3 is 24.8 Å². The number of hydrogen-bond acceptors (Lipinski definition) is 6. The van der Waals surface area contributed by atoms with Crippen LogP contribution in [0.3, 0.4) is 0 Å². The molecule has 2 aliphatic rings. The molecule has 0 radical (unpaired) electrons. The first-order valence-corrected chi connectivity index (χ1v) is 11.2. The molecule has 2 saturated heterocycles. The van der Waals surface area contributed by atoms with Crippen LogP contribution in [-0.2, 0) is 15.9 Å². The second kappa shape index (κ2) is 10.2. The monoisotopic (exact) mass is 439 g/mol. The van der Waals surface area contributed by atoms with Crippen LogP contribution in [0.15, 0.2) is 12.3 Å². The van der Waals surface area contributed by atoms with Gasteiger partial charge in [0, 0.05) is 38.2 Å². The first-order chi connectivity index (χ1) is 14.2. The Morgan fingerprint density at radius 2 is 2.10 bits per heavy atom. The van der Waals surface area contributed by atoms with Crippen LogP contribution in [0.4, 0.5) is 10.5 Å². The van der Waals surface area contributed by atoms with E-state index in [9.17, 15) is 9.90 Å². The van der Waals surface area contributed by atoms with Gasteiger partial charge in [0.05, 0.1) is 12.1 Å². The Bertz CT molecular complexity index is 719. The van der Waals surface area contributed by atoms with Crippen LogP contribution >= 0.6 is 11.6 Å². The fourth-order valence-electron chi connectivity index (χ4n) is 4.09. The summed E-state index contributed by atoms with van der Waals surface area (Å²) in [6.07, 6.45) is 5.52. The molecule has 8 heteroatoms. The summed E-state index contributed by atoms with van der Waals surface area (Å²) in [5.41, 5.74) is 1.60. The predicted octanol–water partition coefficient (Wildman–Crippen LogP) is 3.56. The first kappa shape index (κ1) is 23.1. The zero-order valence-electron chi connectivity index (χ0n) is 18.2.